The van der Waals surface area contributed by atoms with Crippen LogP contribution in [0.3, 0.4) is 0 Å². The summed E-state index contributed by atoms with van der Waals surface area (Å²) in [6.07, 6.45) is 4.12. The summed E-state index contributed by atoms with van der Waals surface area (Å²) < 4.78 is 1.06. The van der Waals surface area contributed by atoms with Crippen molar-refractivity contribution in [3.63, 3.8) is 0 Å². The van der Waals surface area contributed by atoms with E-state index in [1.165, 1.54) is 6.20 Å². The Kier molecular flexibility index (Phi) is 5.69. The number of carbonyl (C=O) groups is 1. The number of carbonyl (C=O) groups excluding carboxylic acids is 1. The number of halogens is 1. The topological polar surface area (TPSA) is 58.1 Å². The minimum atomic E-state index is -0.133. The average Bonchev–Trinajstić information content (AvgIpc) is 2.90. The first-order valence-corrected chi connectivity index (χ1v) is 8.31. The first-order valence-electron chi connectivity index (χ1n) is 6.64. The predicted molar refractivity (Wildman–Crippen MR) is 88.6 cm³/mol. The maximum absolute atomic E-state index is 12.3. The van der Waals surface area contributed by atoms with Crippen LogP contribution in [0, 0.1) is 0 Å². The van der Waals surface area contributed by atoms with E-state index in [9.17, 15) is 4.79 Å². The summed E-state index contributed by atoms with van der Waals surface area (Å²) in [6, 6.07) is 2.01. The van der Waals surface area contributed by atoms with Crippen LogP contribution in [-0.4, -0.2) is 34.4 Å². The zero-order valence-corrected chi connectivity index (χ0v) is 14.4. The Morgan fingerprint density at radius 1 is 1.43 bits per heavy atom. The van der Waals surface area contributed by atoms with E-state index in [0.717, 1.165) is 22.3 Å². The van der Waals surface area contributed by atoms with Crippen LogP contribution in [0.25, 0.3) is 0 Å². The molecule has 0 saturated carbocycles. The Morgan fingerprint density at radius 2 is 2.24 bits per heavy atom. The summed E-state index contributed by atoms with van der Waals surface area (Å²) in [5.41, 5.74) is 1.45. The third-order valence-corrected chi connectivity index (χ3v) is 4.37. The smallest absolute Gasteiger partial charge is 0.274 e. The van der Waals surface area contributed by atoms with Gasteiger partial charge < -0.3 is 10.2 Å². The van der Waals surface area contributed by atoms with Gasteiger partial charge in [0.05, 0.1) is 16.2 Å². The van der Waals surface area contributed by atoms with E-state index in [-0.39, 0.29) is 5.91 Å². The van der Waals surface area contributed by atoms with E-state index in [1.807, 2.05) is 11.4 Å². The predicted octanol–water partition coefficient (Wildman–Crippen LogP) is 3.39. The molecule has 0 radical (unpaired) electrons. The maximum Gasteiger partial charge on any atom is 0.274 e. The molecular weight excluding hydrogens is 352 g/mol. The molecule has 0 fully saturated rings. The lowest BCUT2D eigenvalue weighted by molar-refractivity contribution is 0.0779. The van der Waals surface area contributed by atoms with Gasteiger partial charge in [0.15, 0.2) is 0 Å². The molecule has 5 nitrogen and oxygen atoms in total. The Bertz CT molecular complexity index is 599. The molecule has 7 heteroatoms. The highest BCUT2D eigenvalue weighted by atomic mass is 79.9. The molecule has 0 atom stereocenters. The number of anilines is 1. The van der Waals surface area contributed by atoms with Gasteiger partial charge >= 0.3 is 0 Å². The number of amides is 1. The lowest BCUT2D eigenvalue weighted by Gasteiger charge is -2.15. The molecule has 2 heterocycles. The van der Waals surface area contributed by atoms with Crippen LogP contribution < -0.4 is 5.32 Å². The van der Waals surface area contributed by atoms with E-state index in [0.29, 0.717) is 18.1 Å². The van der Waals surface area contributed by atoms with Crippen molar-refractivity contribution in [1.29, 1.82) is 0 Å². The van der Waals surface area contributed by atoms with Gasteiger partial charge in [0, 0.05) is 20.1 Å². The van der Waals surface area contributed by atoms with Gasteiger partial charge in [-0.25, -0.2) is 9.97 Å². The summed E-state index contributed by atoms with van der Waals surface area (Å²) in [5.74, 6) is 0.560. The van der Waals surface area contributed by atoms with E-state index < -0.39 is 0 Å². The molecule has 2 aromatic heterocycles. The van der Waals surface area contributed by atoms with Crippen molar-refractivity contribution in [2.24, 2.45) is 0 Å². The molecule has 1 amide bonds. The second-order valence-corrected chi connectivity index (χ2v) is 6.92. The third-order valence-electron chi connectivity index (χ3n) is 2.82. The monoisotopic (exact) mass is 368 g/mol. The molecule has 0 saturated heterocycles. The summed E-state index contributed by atoms with van der Waals surface area (Å²) in [4.78, 5) is 22.3. The van der Waals surface area contributed by atoms with Crippen LogP contribution in [0.5, 0.6) is 0 Å². The second-order valence-electron chi connectivity index (χ2n) is 4.63. The third kappa shape index (κ3) is 4.50. The van der Waals surface area contributed by atoms with E-state index in [2.05, 4.69) is 38.1 Å². The van der Waals surface area contributed by atoms with Gasteiger partial charge in [-0.15, -0.1) is 11.3 Å². The van der Waals surface area contributed by atoms with Crippen LogP contribution in [0.4, 0.5) is 5.82 Å². The average molecular weight is 369 g/mol. The molecule has 2 aromatic rings. The lowest BCUT2D eigenvalue weighted by Crippen LogP contribution is -2.27. The van der Waals surface area contributed by atoms with Crippen LogP contribution in [0.15, 0.2) is 27.6 Å². The van der Waals surface area contributed by atoms with Gasteiger partial charge in [0.1, 0.15) is 11.5 Å². The standard InChI is InChI=1S/C14H17BrN4OS/c1-3-4-16-13-7-17-11(6-18-13)14(20)19(2)8-10-5-12(15)21-9-10/h5-7,9H,3-4,8H2,1-2H3,(H,16,18). The maximum atomic E-state index is 12.3. The van der Waals surface area contributed by atoms with Gasteiger partial charge in [-0.3, -0.25) is 4.79 Å². The van der Waals surface area contributed by atoms with Crippen molar-refractivity contribution in [3.05, 3.63) is 38.9 Å². The molecule has 0 aliphatic heterocycles. The fourth-order valence-corrected chi connectivity index (χ4v) is 2.95. The van der Waals surface area contributed by atoms with Crippen molar-refractivity contribution in [3.8, 4) is 0 Å². The number of thiophene rings is 1. The molecular formula is C14H17BrN4OS. The Hall–Kier alpha value is -1.47. The van der Waals surface area contributed by atoms with Crippen molar-refractivity contribution in [1.82, 2.24) is 14.9 Å². The molecule has 21 heavy (non-hydrogen) atoms. The molecule has 2 rings (SSSR count). The molecule has 0 bridgehead atoms. The Morgan fingerprint density at radius 3 is 2.81 bits per heavy atom. The van der Waals surface area contributed by atoms with Gasteiger partial charge in [-0.05, 0) is 39.4 Å². The fraction of sp³-hybridized carbons (Fsp3) is 0.357. The minimum Gasteiger partial charge on any atom is -0.369 e. The molecule has 0 aliphatic carbocycles. The number of hydrogen-bond donors (Lipinski definition) is 1. The van der Waals surface area contributed by atoms with Crippen molar-refractivity contribution in [2.75, 3.05) is 18.9 Å². The van der Waals surface area contributed by atoms with Crippen LogP contribution in [0.1, 0.15) is 29.4 Å². The van der Waals surface area contributed by atoms with Crippen LogP contribution in [0.2, 0.25) is 0 Å². The zero-order chi connectivity index (χ0) is 15.2. The molecule has 0 unspecified atom stereocenters. The van der Waals surface area contributed by atoms with E-state index in [4.69, 9.17) is 0 Å². The van der Waals surface area contributed by atoms with Crippen molar-refractivity contribution < 1.29 is 4.79 Å². The fourth-order valence-electron chi connectivity index (χ4n) is 1.75. The number of hydrogen-bond acceptors (Lipinski definition) is 5. The largest absolute Gasteiger partial charge is 0.369 e. The highest BCUT2D eigenvalue weighted by Gasteiger charge is 2.14. The Labute approximate surface area is 136 Å². The van der Waals surface area contributed by atoms with Gasteiger partial charge in [-0.2, -0.15) is 0 Å². The SMILES string of the molecule is CCCNc1cnc(C(=O)N(C)Cc2csc(Br)c2)cn1. The zero-order valence-electron chi connectivity index (χ0n) is 12.0. The van der Waals surface area contributed by atoms with Crippen molar-refractivity contribution >= 4 is 39.0 Å². The molecule has 0 aliphatic rings. The van der Waals surface area contributed by atoms with Crippen molar-refractivity contribution in [2.45, 2.75) is 19.9 Å². The van der Waals surface area contributed by atoms with E-state index in [1.54, 1.807) is 29.5 Å². The lowest BCUT2D eigenvalue weighted by atomic mass is 10.3. The van der Waals surface area contributed by atoms with Crippen LogP contribution >= 0.6 is 27.3 Å². The first-order chi connectivity index (χ1) is 10.1. The van der Waals surface area contributed by atoms with Gasteiger partial charge in [0.2, 0.25) is 0 Å². The summed E-state index contributed by atoms with van der Waals surface area (Å²) >= 11 is 5.02. The number of nitrogens with zero attached hydrogens (tertiary/aromatic N) is 3. The van der Waals surface area contributed by atoms with Gasteiger partial charge in [0.25, 0.3) is 5.91 Å². The highest BCUT2D eigenvalue weighted by Crippen LogP contribution is 2.21. The number of aromatic nitrogens is 2. The molecule has 0 aromatic carbocycles. The number of nitrogens with one attached hydrogen (secondary N) is 1. The highest BCUT2D eigenvalue weighted by molar-refractivity contribution is 9.11. The quantitative estimate of drug-likeness (QED) is 0.848. The normalized spacial score (nSPS) is 10.4. The van der Waals surface area contributed by atoms with Gasteiger partial charge in [-0.1, -0.05) is 6.92 Å². The molecule has 1 N–H and O–H groups in total. The molecule has 0 spiro atoms. The second kappa shape index (κ2) is 7.51. The first kappa shape index (κ1) is 15.9. The Balaban J connectivity index is 1.98. The minimum absolute atomic E-state index is 0.133. The summed E-state index contributed by atoms with van der Waals surface area (Å²) in [6.45, 7) is 3.48. The molecule has 112 valence electrons. The summed E-state index contributed by atoms with van der Waals surface area (Å²) in [7, 11) is 1.76. The van der Waals surface area contributed by atoms with Crippen LogP contribution in [-0.2, 0) is 6.54 Å². The number of rotatable bonds is 6. The summed E-state index contributed by atoms with van der Waals surface area (Å²) in [5, 5.41) is 5.16. The van der Waals surface area contributed by atoms with E-state index >= 15 is 0 Å².